The van der Waals surface area contributed by atoms with Crippen LogP contribution in [0.25, 0.3) is 0 Å². The van der Waals surface area contributed by atoms with E-state index in [1.807, 2.05) is 0 Å². The number of aromatic nitrogens is 1. The van der Waals surface area contributed by atoms with Crippen molar-refractivity contribution in [3.63, 3.8) is 0 Å². The van der Waals surface area contributed by atoms with Crippen LogP contribution in [0.15, 0.2) is 58.4 Å². The lowest BCUT2D eigenvalue weighted by atomic mass is 9.93. The molecule has 4 heterocycles. The van der Waals surface area contributed by atoms with Crippen molar-refractivity contribution in [3.05, 3.63) is 92.9 Å². The molecule has 2 aromatic carbocycles. The second kappa shape index (κ2) is 9.73. The van der Waals surface area contributed by atoms with Gasteiger partial charge in [0.25, 0.3) is 5.91 Å². The number of amides is 1. The average molecular weight is 616 g/mol. The highest BCUT2D eigenvalue weighted by molar-refractivity contribution is 7.98. The Bertz CT molecular complexity index is 1750. The molecular formula is C25H18F5N3O6S2. The molecule has 0 aliphatic carbocycles. The lowest BCUT2D eigenvalue weighted by molar-refractivity contribution is -0.0502. The van der Waals surface area contributed by atoms with Gasteiger partial charge in [-0.3, -0.25) is 19.3 Å². The number of ether oxygens (including phenoxy) is 1. The van der Waals surface area contributed by atoms with E-state index in [2.05, 4.69) is 4.18 Å². The van der Waals surface area contributed by atoms with Crippen molar-refractivity contribution in [1.29, 1.82) is 0 Å². The number of hydrogen-bond acceptors (Lipinski definition) is 8. The first-order valence-electron chi connectivity index (χ1n) is 12.0. The molecule has 1 fully saturated rings. The van der Waals surface area contributed by atoms with E-state index < -0.39 is 62.2 Å². The Morgan fingerprint density at radius 1 is 1.02 bits per heavy atom. The van der Waals surface area contributed by atoms with Gasteiger partial charge < -0.3 is 13.8 Å². The zero-order valence-corrected chi connectivity index (χ0v) is 22.2. The van der Waals surface area contributed by atoms with Crippen LogP contribution in [0.2, 0.25) is 0 Å². The minimum atomic E-state index is -6.34. The molecule has 1 aromatic heterocycles. The van der Waals surface area contributed by atoms with Crippen LogP contribution in [-0.2, 0) is 20.6 Å². The van der Waals surface area contributed by atoms with Gasteiger partial charge in [-0.05, 0) is 23.3 Å². The van der Waals surface area contributed by atoms with E-state index in [9.17, 15) is 35.6 Å². The summed E-state index contributed by atoms with van der Waals surface area (Å²) in [5.41, 5.74) is -7.05. The Labute approximate surface area is 233 Å². The number of alkyl halides is 3. The summed E-state index contributed by atoms with van der Waals surface area (Å²) in [7, 11) is -6.34. The van der Waals surface area contributed by atoms with Gasteiger partial charge in [0.05, 0.1) is 19.3 Å². The molecule has 2 atom stereocenters. The lowest BCUT2D eigenvalue weighted by Gasteiger charge is -2.51. The highest BCUT2D eigenvalue weighted by Gasteiger charge is 2.51. The smallest absolute Gasteiger partial charge is 0.375 e. The number of rotatable bonds is 3. The number of carbonyl (C=O) groups is 1. The first kappa shape index (κ1) is 27.5. The van der Waals surface area contributed by atoms with Gasteiger partial charge >= 0.3 is 15.6 Å². The number of halogens is 5. The Morgan fingerprint density at radius 3 is 2.54 bits per heavy atom. The molecule has 0 N–H and O–H groups in total. The largest absolute Gasteiger partial charge is 0.534 e. The SMILES string of the molecule is O=C1c2c(OS(=O)(=O)C(F)(F)F)c(=O)ccn2N(C2c3ccccc3SCc3c2ccc(F)c3F)C2COCCN12. The first-order valence-corrected chi connectivity index (χ1v) is 14.4. The van der Waals surface area contributed by atoms with Crippen LogP contribution in [0.4, 0.5) is 22.0 Å². The van der Waals surface area contributed by atoms with Crippen molar-refractivity contribution in [1.82, 2.24) is 9.58 Å². The van der Waals surface area contributed by atoms with Crippen LogP contribution in [-0.4, -0.2) is 55.3 Å². The number of pyridine rings is 1. The Kier molecular flexibility index (Phi) is 6.54. The summed E-state index contributed by atoms with van der Waals surface area (Å²) in [5.74, 6) is -4.44. The molecule has 41 heavy (non-hydrogen) atoms. The van der Waals surface area contributed by atoms with Crippen molar-refractivity contribution >= 4 is 27.8 Å². The molecule has 3 aliphatic rings. The molecule has 0 bridgehead atoms. The van der Waals surface area contributed by atoms with Gasteiger partial charge in [0.1, 0.15) is 6.17 Å². The molecule has 216 valence electrons. The van der Waals surface area contributed by atoms with Crippen LogP contribution in [0.5, 0.6) is 5.75 Å². The summed E-state index contributed by atoms with van der Waals surface area (Å²) >= 11 is 1.24. The molecule has 1 saturated heterocycles. The van der Waals surface area contributed by atoms with Gasteiger partial charge in [-0.2, -0.15) is 21.6 Å². The lowest BCUT2D eigenvalue weighted by Crippen LogP contribution is -2.66. The van der Waals surface area contributed by atoms with Crippen molar-refractivity contribution < 1.29 is 44.1 Å². The van der Waals surface area contributed by atoms with E-state index in [1.54, 1.807) is 24.3 Å². The fourth-order valence-corrected chi connectivity index (χ4v) is 6.80. The molecule has 16 heteroatoms. The van der Waals surface area contributed by atoms with Gasteiger partial charge in [0, 0.05) is 35.0 Å². The van der Waals surface area contributed by atoms with Crippen molar-refractivity contribution in [3.8, 4) is 5.75 Å². The highest BCUT2D eigenvalue weighted by Crippen LogP contribution is 2.45. The van der Waals surface area contributed by atoms with Gasteiger partial charge in [0.2, 0.25) is 11.2 Å². The maximum atomic E-state index is 15.2. The normalized spacial score (nSPS) is 20.5. The topological polar surface area (TPSA) is 98.1 Å². The summed E-state index contributed by atoms with van der Waals surface area (Å²) in [6.07, 6.45) is 0.148. The third-order valence-electron chi connectivity index (χ3n) is 7.01. The molecule has 0 spiro atoms. The maximum Gasteiger partial charge on any atom is 0.534 e. The summed E-state index contributed by atoms with van der Waals surface area (Å²) in [6.45, 7) is -0.126. The number of fused-ring (bicyclic) bond motifs is 4. The Morgan fingerprint density at radius 2 is 1.78 bits per heavy atom. The van der Waals surface area contributed by atoms with E-state index in [-0.39, 0.29) is 36.6 Å². The molecule has 0 radical (unpaired) electrons. The summed E-state index contributed by atoms with van der Waals surface area (Å²) in [4.78, 5) is 28.3. The standard InChI is InChI=1S/C25H18F5N3O6S2/c26-16-6-5-13-15(20(16)27)12-40-18-4-2-1-3-14(18)21(13)33-19-11-38-10-9-31(19)24(35)22-23(17(34)7-8-32(22)33)39-41(36,37)25(28,29)30/h1-8,19,21H,9-12H2. The molecule has 3 aliphatic heterocycles. The third kappa shape index (κ3) is 4.35. The molecule has 1 amide bonds. The molecule has 9 nitrogen and oxygen atoms in total. The van der Waals surface area contributed by atoms with Crippen molar-refractivity contribution in [2.24, 2.45) is 0 Å². The summed E-state index contributed by atoms with van der Waals surface area (Å²) < 4.78 is 104. The molecule has 3 aromatic rings. The van der Waals surface area contributed by atoms with Crippen LogP contribution in [0, 0.1) is 11.6 Å². The van der Waals surface area contributed by atoms with E-state index in [1.165, 1.54) is 27.7 Å². The fraction of sp³-hybridized carbons (Fsp3) is 0.280. The maximum absolute atomic E-state index is 15.2. The van der Waals surface area contributed by atoms with E-state index in [0.717, 1.165) is 23.0 Å². The fourth-order valence-electron chi connectivity index (χ4n) is 5.21. The Balaban J connectivity index is 1.65. The summed E-state index contributed by atoms with van der Waals surface area (Å²) in [6, 6.07) is 9.01. The zero-order valence-electron chi connectivity index (χ0n) is 20.6. The van der Waals surface area contributed by atoms with Crippen LogP contribution >= 0.6 is 11.8 Å². The van der Waals surface area contributed by atoms with Gasteiger partial charge in [0.15, 0.2) is 17.3 Å². The van der Waals surface area contributed by atoms with Gasteiger partial charge in [-0.1, -0.05) is 24.3 Å². The van der Waals surface area contributed by atoms with E-state index in [0.29, 0.717) is 10.5 Å². The van der Waals surface area contributed by atoms with Crippen molar-refractivity contribution in [2.75, 3.05) is 24.8 Å². The van der Waals surface area contributed by atoms with Gasteiger partial charge in [-0.15, -0.1) is 11.8 Å². The predicted octanol–water partition coefficient (Wildman–Crippen LogP) is 3.50. The second-order valence-corrected chi connectivity index (χ2v) is 11.8. The van der Waals surface area contributed by atoms with Gasteiger partial charge in [-0.25, -0.2) is 8.78 Å². The number of thioether (sulfide) groups is 1. The minimum absolute atomic E-state index is 0.0232. The van der Waals surface area contributed by atoms with E-state index in [4.69, 9.17) is 4.74 Å². The van der Waals surface area contributed by atoms with Crippen LogP contribution in [0.1, 0.15) is 33.2 Å². The number of hydrogen-bond donors (Lipinski definition) is 0. The zero-order chi connectivity index (χ0) is 29.3. The van der Waals surface area contributed by atoms with Crippen LogP contribution < -0.4 is 14.6 Å². The average Bonchev–Trinajstić information content (AvgIpc) is 3.09. The number of carbonyl (C=O) groups excluding carboxylic acids is 1. The number of morpholine rings is 1. The molecule has 6 rings (SSSR count). The molecule has 2 unspecified atom stereocenters. The van der Waals surface area contributed by atoms with Crippen molar-refractivity contribution in [2.45, 2.75) is 28.4 Å². The third-order valence-corrected chi connectivity index (χ3v) is 9.08. The quantitative estimate of drug-likeness (QED) is 0.251. The number of benzene rings is 2. The molecular weight excluding hydrogens is 597 g/mol. The number of nitrogens with zero attached hydrogens (tertiary/aromatic N) is 3. The minimum Gasteiger partial charge on any atom is -0.375 e. The van der Waals surface area contributed by atoms with Crippen LogP contribution in [0.3, 0.4) is 0 Å². The predicted molar refractivity (Wildman–Crippen MR) is 134 cm³/mol. The summed E-state index contributed by atoms with van der Waals surface area (Å²) in [5, 5.41) is 1.48. The highest BCUT2D eigenvalue weighted by atomic mass is 32.2. The Hall–Kier alpha value is -3.63. The monoisotopic (exact) mass is 615 g/mol. The first-order chi connectivity index (χ1) is 19.4. The van der Waals surface area contributed by atoms with E-state index >= 15 is 4.39 Å². The molecule has 0 saturated carbocycles. The second-order valence-electron chi connectivity index (χ2n) is 9.28.